The van der Waals surface area contributed by atoms with Gasteiger partial charge in [-0.2, -0.15) is 0 Å². The van der Waals surface area contributed by atoms with E-state index in [1.165, 1.54) is 0 Å². The van der Waals surface area contributed by atoms with Gasteiger partial charge >= 0.3 is 0 Å². The lowest BCUT2D eigenvalue weighted by Crippen LogP contribution is -2.24. The first-order chi connectivity index (χ1) is 13.1. The number of hydrogen-bond donors (Lipinski definition) is 1. The van der Waals surface area contributed by atoms with E-state index < -0.39 is 0 Å². The fourth-order valence-corrected chi connectivity index (χ4v) is 3.92. The monoisotopic (exact) mass is 384 g/mol. The standard InChI is InChI=1S/C21H21ClN2O3/c22-17-8-7-15(24-10-3-6-21(24)26)13-18(17)23-20(25)12-14-9-11-27-19-5-2-1-4-16(14)19/h1-2,4-5,7-8,13-14H,3,6,9-12H2,(H,23,25). The third-order valence-corrected chi connectivity index (χ3v) is 5.45. The Morgan fingerprint density at radius 3 is 2.93 bits per heavy atom. The molecule has 2 aromatic rings. The number of nitrogens with one attached hydrogen (secondary N) is 1. The molecule has 0 aliphatic carbocycles. The highest BCUT2D eigenvalue weighted by Gasteiger charge is 2.25. The third-order valence-electron chi connectivity index (χ3n) is 5.12. The van der Waals surface area contributed by atoms with Crippen molar-refractivity contribution in [1.29, 1.82) is 0 Å². The topological polar surface area (TPSA) is 58.6 Å². The van der Waals surface area contributed by atoms with Gasteiger partial charge in [0, 0.05) is 25.1 Å². The Hall–Kier alpha value is -2.53. The van der Waals surface area contributed by atoms with E-state index in [4.69, 9.17) is 16.3 Å². The summed E-state index contributed by atoms with van der Waals surface area (Å²) in [6, 6.07) is 13.2. The minimum atomic E-state index is -0.0940. The smallest absolute Gasteiger partial charge is 0.227 e. The maximum absolute atomic E-state index is 12.6. The van der Waals surface area contributed by atoms with Crippen LogP contribution in [0.2, 0.25) is 5.02 Å². The highest BCUT2D eigenvalue weighted by molar-refractivity contribution is 6.33. The first kappa shape index (κ1) is 17.9. The number of halogens is 1. The van der Waals surface area contributed by atoms with Crippen LogP contribution in [0.4, 0.5) is 11.4 Å². The summed E-state index contributed by atoms with van der Waals surface area (Å²) < 4.78 is 5.67. The molecule has 0 aromatic heterocycles. The van der Waals surface area contributed by atoms with E-state index in [0.717, 1.165) is 29.8 Å². The fourth-order valence-electron chi connectivity index (χ4n) is 3.75. The second-order valence-electron chi connectivity index (χ2n) is 6.94. The van der Waals surface area contributed by atoms with Crippen LogP contribution in [0.25, 0.3) is 0 Å². The van der Waals surface area contributed by atoms with Gasteiger partial charge in [0.2, 0.25) is 11.8 Å². The van der Waals surface area contributed by atoms with Crippen LogP contribution in [-0.2, 0) is 9.59 Å². The average molecular weight is 385 g/mol. The molecule has 2 aliphatic rings. The van der Waals surface area contributed by atoms with Gasteiger partial charge in [-0.1, -0.05) is 29.8 Å². The van der Waals surface area contributed by atoms with Crippen molar-refractivity contribution in [3.63, 3.8) is 0 Å². The van der Waals surface area contributed by atoms with E-state index in [9.17, 15) is 9.59 Å². The minimum Gasteiger partial charge on any atom is -0.493 e. The fraction of sp³-hybridized carbons (Fsp3) is 0.333. The number of fused-ring (bicyclic) bond motifs is 1. The highest BCUT2D eigenvalue weighted by atomic mass is 35.5. The number of nitrogens with zero attached hydrogens (tertiary/aromatic N) is 1. The Bertz CT molecular complexity index is 883. The Balaban J connectivity index is 1.48. The van der Waals surface area contributed by atoms with Gasteiger partial charge in [-0.05, 0) is 48.6 Å². The molecule has 27 heavy (non-hydrogen) atoms. The molecule has 1 saturated heterocycles. The van der Waals surface area contributed by atoms with Crippen molar-refractivity contribution >= 4 is 34.8 Å². The zero-order valence-electron chi connectivity index (χ0n) is 14.9. The minimum absolute atomic E-state index is 0.0940. The van der Waals surface area contributed by atoms with Crippen LogP contribution < -0.4 is 15.0 Å². The summed E-state index contributed by atoms with van der Waals surface area (Å²) in [5.41, 5.74) is 2.38. The molecule has 2 amide bonds. The zero-order valence-corrected chi connectivity index (χ0v) is 15.7. The van der Waals surface area contributed by atoms with Crippen molar-refractivity contribution < 1.29 is 14.3 Å². The lowest BCUT2D eigenvalue weighted by Gasteiger charge is -2.25. The van der Waals surface area contributed by atoms with E-state index in [-0.39, 0.29) is 17.7 Å². The molecule has 2 aromatic carbocycles. The molecular formula is C21H21ClN2O3. The lowest BCUT2D eigenvalue weighted by molar-refractivity contribution is -0.117. The van der Waals surface area contributed by atoms with Crippen LogP contribution in [0.1, 0.15) is 37.2 Å². The number of benzene rings is 2. The predicted molar refractivity (Wildman–Crippen MR) is 106 cm³/mol. The van der Waals surface area contributed by atoms with E-state index in [0.29, 0.717) is 36.7 Å². The number of rotatable bonds is 4. The first-order valence-electron chi connectivity index (χ1n) is 9.23. The van der Waals surface area contributed by atoms with Crippen LogP contribution in [0.15, 0.2) is 42.5 Å². The van der Waals surface area contributed by atoms with Gasteiger partial charge in [0.15, 0.2) is 0 Å². The zero-order chi connectivity index (χ0) is 18.8. The Kier molecular flexibility index (Phi) is 5.03. The molecule has 2 aliphatic heterocycles. The van der Waals surface area contributed by atoms with Crippen LogP contribution in [0.5, 0.6) is 5.75 Å². The molecule has 6 heteroatoms. The quantitative estimate of drug-likeness (QED) is 0.851. The molecule has 0 spiro atoms. The van der Waals surface area contributed by atoms with Crippen molar-refractivity contribution in [2.45, 2.75) is 31.6 Å². The van der Waals surface area contributed by atoms with E-state index in [1.807, 2.05) is 30.3 Å². The summed E-state index contributed by atoms with van der Waals surface area (Å²) in [4.78, 5) is 26.4. The molecule has 140 valence electrons. The normalized spacial score (nSPS) is 18.8. The van der Waals surface area contributed by atoms with E-state index in [1.54, 1.807) is 17.0 Å². The number of ether oxygens (including phenoxy) is 1. The Labute approximate surface area is 163 Å². The summed E-state index contributed by atoms with van der Waals surface area (Å²) in [6.07, 6.45) is 2.59. The van der Waals surface area contributed by atoms with Gasteiger partial charge in [0.1, 0.15) is 5.75 Å². The van der Waals surface area contributed by atoms with Crippen molar-refractivity contribution in [2.75, 3.05) is 23.4 Å². The lowest BCUT2D eigenvalue weighted by atomic mass is 9.90. The molecule has 0 radical (unpaired) electrons. The summed E-state index contributed by atoms with van der Waals surface area (Å²) in [5.74, 6) is 0.989. The average Bonchev–Trinajstić information content (AvgIpc) is 3.10. The van der Waals surface area contributed by atoms with E-state index >= 15 is 0 Å². The number of carbonyl (C=O) groups is 2. The number of amides is 2. The van der Waals surface area contributed by atoms with Gasteiger partial charge in [-0.15, -0.1) is 0 Å². The van der Waals surface area contributed by atoms with Crippen LogP contribution in [0.3, 0.4) is 0 Å². The molecule has 4 rings (SSSR count). The van der Waals surface area contributed by atoms with Crippen molar-refractivity contribution in [3.8, 4) is 5.75 Å². The molecule has 2 heterocycles. The third kappa shape index (κ3) is 3.78. The molecule has 1 unspecified atom stereocenters. The summed E-state index contributed by atoms with van der Waals surface area (Å²) in [7, 11) is 0. The Morgan fingerprint density at radius 2 is 2.11 bits per heavy atom. The number of carbonyl (C=O) groups excluding carboxylic acids is 2. The van der Waals surface area contributed by atoms with Crippen molar-refractivity contribution in [3.05, 3.63) is 53.1 Å². The largest absolute Gasteiger partial charge is 0.493 e. The van der Waals surface area contributed by atoms with Gasteiger partial charge in [-0.3, -0.25) is 9.59 Å². The van der Waals surface area contributed by atoms with Crippen molar-refractivity contribution in [2.24, 2.45) is 0 Å². The second-order valence-corrected chi connectivity index (χ2v) is 7.34. The van der Waals surface area contributed by atoms with Crippen LogP contribution in [0, 0.1) is 0 Å². The molecule has 1 fully saturated rings. The SMILES string of the molecule is O=C(CC1CCOc2ccccc21)Nc1cc(N2CCCC2=O)ccc1Cl. The van der Waals surface area contributed by atoms with Gasteiger partial charge < -0.3 is 15.0 Å². The molecule has 0 saturated carbocycles. The number of hydrogen-bond acceptors (Lipinski definition) is 3. The molecule has 1 N–H and O–H groups in total. The summed E-state index contributed by atoms with van der Waals surface area (Å²) >= 11 is 6.27. The maximum Gasteiger partial charge on any atom is 0.227 e. The predicted octanol–water partition coefficient (Wildman–Crippen LogP) is 4.36. The summed E-state index contributed by atoms with van der Waals surface area (Å²) in [6.45, 7) is 1.31. The second kappa shape index (κ2) is 7.61. The molecule has 1 atom stereocenters. The Morgan fingerprint density at radius 1 is 1.26 bits per heavy atom. The van der Waals surface area contributed by atoms with Crippen LogP contribution in [-0.4, -0.2) is 25.0 Å². The van der Waals surface area contributed by atoms with Gasteiger partial charge in [0.25, 0.3) is 0 Å². The van der Waals surface area contributed by atoms with Crippen molar-refractivity contribution in [1.82, 2.24) is 0 Å². The number of para-hydroxylation sites is 1. The number of anilines is 2. The summed E-state index contributed by atoms with van der Waals surface area (Å²) in [5, 5.41) is 3.38. The highest BCUT2D eigenvalue weighted by Crippen LogP contribution is 2.36. The molecule has 0 bridgehead atoms. The maximum atomic E-state index is 12.6. The molecule has 5 nitrogen and oxygen atoms in total. The van der Waals surface area contributed by atoms with Crippen LogP contribution >= 0.6 is 11.6 Å². The molecular weight excluding hydrogens is 364 g/mol. The first-order valence-corrected chi connectivity index (χ1v) is 9.61. The van der Waals surface area contributed by atoms with Gasteiger partial charge in [0.05, 0.1) is 17.3 Å². The van der Waals surface area contributed by atoms with Gasteiger partial charge in [-0.25, -0.2) is 0 Å². The van der Waals surface area contributed by atoms with E-state index in [2.05, 4.69) is 5.32 Å².